The van der Waals surface area contributed by atoms with Crippen LogP contribution in [-0.4, -0.2) is 19.6 Å². The molecule has 2 rings (SSSR count). The number of hydrogen-bond acceptors (Lipinski definition) is 3. The summed E-state index contributed by atoms with van der Waals surface area (Å²) in [5.41, 5.74) is 1.60. The Hall–Kier alpha value is -2.47. The third-order valence-corrected chi connectivity index (χ3v) is 3.28. The SMILES string of the molecule is COCc1ccccc1CNC(=O)CNc1c(F)cccc1F. The first-order valence-electron chi connectivity index (χ1n) is 7.12. The summed E-state index contributed by atoms with van der Waals surface area (Å²) in [7, 11) is 1.60. The Balaban J connectivity index is 1.89. The fraction of sp³-hybridized carbons (Fsp3) is 0.235. The highest BCUT2D eigenvalue weighted by Crippen LogP contribution is 2.17. The van der Waals surface area contributed by atoms with Gasteiger partial charge in [0.15, 0.2) is 0 Å². The Labute approximate surface area is 133 Å². The number of carbonyl (C=O) groups is 1. The van der Waals surface area contributed by atoms with Crippen molar-refractivity contribution in [1.29, 1.82) is 0 Å². The maximum Gasteiger partial charge on any atom is 0.239 e. The molecular formula is C17H18F2N2O2. The van der Waals surface area contributed by atoms with Gasteiger partial charge < -0.3 is 15.4 Å². The summed E-state index contributed by atoms with van der Waals surface area (Å²) in [6, 6.07) is 11.1. The third kappa shape index (κ3) is 4.75. The van der Waals surface area contributed by atoms with E-state index in [9.17, 15) is 13.6 Å². The molecule has 0 saturated heterocycles. The Morgan fingerprint density at radius 3 is 2.35 bits per heavy atom. The van der Waals surface area contributed by atoms with E-state index in [4.69, 9.17) is 4.74 Å². The van der Waals surface area contributed by atoms with Crippen LogP contribution in [0.15, 0.2) is 42.5 Å². The molecule has 0 fully saturated rings. The van der Waals surface area contributed by atoms with Crippen molar-refractivity contribution in [3.63, 3.8) is 0 Å². The zero-order chi connectivity index (χ0) is 16.7. The molecule has 122 valence electrons. The maximum atomic E-state index is 13.4. The molecule has 0 aliphatic heterocycles. The lowest BCUT2D eigenvalue weighted by Gasteiger charge is -2.11. The molecule has 4 nitrogen and oxygen atoms in total. The lowest BCUT2D eigenvalue weighted by atomic mass is 10.1. The lowest BCUT2D eigenvalue weighted by Crippen LogP contribution is -2.30. The first-order valence-corrected chi connectivity index (χ1v) is 7.12. The van der Waals surface area contributed by atoms with Gasteiger partial charge in [0, 0.05) is 13.7 Å². The minimum absolute atomic E-state index is 0.218. The molecule has 0 spiro atoms. The molecule has 0 aromatic heterocycles. The number of halogens is 2. The van der Waals surface area contributed by atoms with E-state index in [0.29, 0.717) is 13.2 Å². The van der Waals surface area contributed by atoms with Gasteiger partial charge in [0.05, 0.1) is 13.2 Å². The number of nitrogens with one attached hydrogen (secondary N) is 2. The van der Waals surface area contributed by atoms with E-state index in [1.807, 2.05) is 24.3 Å². The van der Waals surface area contributed by atoms with Gasteiger partial charge in [0.25, 0.3) is 0 Å². The van der Waals surface area contributed by atoms with Crippen molar-refractivity contribution >= 4 is 11.6 Å². The molecule has 2 N–H and O–H groups in total. The van der Waals surface area contributed by atoms with Crippen LogP contribution in [0, 0.1) is 11.6 Å². The summed E-state index contributed by atoms with van der Waals surface area (Å²) in [5.74, 6) is -1.83. The molecule has 0 bridgehead atoms. The highest BCUT2D eigenvalue weighted by atomic mass is 19.1. The number of ether oxygens (including phenoxy) is 1. The van der Waals surface area contributed by atoms with Crippen LogP contribution in [0.4, 0.5) is 14.5 Å². The second-order valence-electron chi connectivity index (χ2n) is 4.93. The molecule has 1 amide bonds. The molecule has 0 aliphatic rings. The van der Waals surface area contributed by atoms with E-state index in [1.165, 1.54) is 6.07 Å². The number of benzene rings is 2. The topological polar surface area (TPSA) is 50.4 Å². The molecule has 0 radical (unpaired) electrons. The van der Waals surface area contributed by atoms with E-state index in [2.05, 4.69) is 10.6 Å². The van der Waals surface area contributed by atoms with Gasteiger partial charge in [0.2, 0.25) is 5.91 Å². The van der Waals surface area contributed by atoms with Gasteiger partial charge in [-0.3, -0.25) is 4.79 Å². The summed E-state index contributed by atoms with van der Waals surface area (Å²) in [6.45, 7) is 0.550. The zero-order valence-electron chi connectivity index (χ0n) is 12.7. The Morgan fingerprint density at radius 2 is 1.70 bits per heavy atom. The summed E-state index contributed by atoms with van der Waals surface area (Å²) >= 11 is 0. The van der Waals surface area contributed by atoms with E-state index < -0.39 is 11.6 Å². The lowest BCUT2D eigenvalue weighted by molar-refractivity contribution is -0.119. The Bertz CT molecular complexity index is 657. The van der Waals surface area contributed by atoms with Crippen LogP contribution in [0.25, 0.3) is 0 Å². The fourth-order valence-electron chi connectivity index (χ4n) is 2.12. The van der Waals surface area contributed by atoms with E-state index in [1.54, 1.807) is 7.11 Å². The Kier molecular flexibility index (Phi) is 6.05. The van der Waals surface area contributed by atoms with Crippen LogP contribution < -0.4 is 10.6 Å². The summed E-state index contributed by atoms with van der Waals surface area (Å²) in [4.78, 5) is 11.8. The fourth-order valence-corrected chi connectivity index (χ4v) is 2.12. The summed E-state index contributed by atoms with van der Waals surface area (Å²) in [5, 5.41) is 5.18. The summed E-state index contributed by atoms with van der Waals surface area (Å²) in [6.07, 6.45) is 0. The molecule has 0 saturated carbocycles. The second kappa shape index (κ2) is 8.24. The first-order chi connectivity index (χ1) is 11.1. The van der Waals surface area contributed by atoms with Crippen molar-refractivity contribution in [2.45, 2.75) is 13.2 Å². The van der Waals surface area contributed by atoms with Crippen LogP contribution >= 0.6 is 0 Å². The molecule has 2 aromatic carbocycles. The summed E-state index contributed by atoms with van der Waals surface area (Å²) < 4.78 is 32.0. The third-order valence-electron chi connectivity index (χ3n) is 3.28. The maximum absolute atomic E-state index is 13.4. The molecule has 0 aliphatic carbocycles. The number of hydrogen-bond donors (Lipinski definition) is 2. The molecule has 0 heterocycles. The van der Waals surface area contributed by atoms with Crippen molar-refractivity contribution in [2.75, 3.05) is 19.0 Å². The van der Waals surface area contributed by atoms with Gasteiger partial charge in [-0.15, -0.1) is 0 Å². The quantitative estimate of drug-likeness (QED) is 0.825. The van der Waals surface area contributed by atoms with Crippen molar-refractivity contribution in [1.82, 2.24) is 5.32 Å². The number of rotatable bonds is 7. The highest BCUT2D eigenvalue weighted by Gasteiger charge is 2.10. The minimum atomic E-state index is -0.733. The second-order valence-corrected chi connectivity index (χ2v) is 4.93. The van der Waals surface area contributed by atoms with Crippen LogP contribution in [0.2, 0.25) is 0 Å². The largest absolute Gasteiger partial charge is 0.380 e. The van der Waals surface area contributed by atoms with Crippen molar-refractivity contribution < 1.29 is 18.3 Å². The van der Waals surface area contributed by atoms with Crippen LogP contribution in [0.1, 0.15) is 11.1 Å². The number of amides is 1. The van der Waals surface area contributed by atoms with E-state index in [0.717, 1.165) is 23.3 Å². The molecule has 0 atom stereocenters. The van der Waals surface area contributed by atoms with Crippen molar-refractivity contribution in [3.05, 3.63) is 65.2 Å². The van der Waals surface area contributed by atoms with E-state index >= 15 is 0 Å². The highest BCUT2D eigenvalue weighted by molar-refractivity contribution is 5.80. The monoisotopic (exact) mass is 320 g/mol. The average Bonchev–Trinajstić information content (AvgIpc) is 2.54. The molecule has 6 heteroatoms. The Morgan fingerprint density at radius 1 is 1.04 bits per heavy atom. The predicted octanol–water partition coefficient (Wildman–Crippen LogP) is 2.84. The average molecular weight is 320 g/mol. The molecular weight excluding hydrogens is 302 g/mol. The van der Waals surface area contributed by atoms with Crippen LogP contribution in [0.5, 0.6) is 0 Å². The number of para-hydroxylation sites is 1. The van der Waals surface area contributed by atoms with Gasteiger partial charge in [-0.25, -0.2) is 8.78 Å². The number of anilines is 1. The molecule has 2 aromatic rings. The predicted molar refractivity (Wildman–Crippen MR) is 83.8 cm³/mol. The van der Waals surface area contributed by atoms with Gasteiger partial charge in [-0.2, -0.15) is 0 Å². The normalized spacial score (nSPS) is 10.4. The van der Waals surface area contributed by atoms with Crippen LogP contribution in [0.3, 0.4) is 0 Å². The minimum Gasteiger partial charge on any atom is -0.380 e. The van der Waals surface area contributed by atoms with Gasteiger partial charge in [-0.05, 0) is 23.3 Å². The first kappa shape index (κ1) is 16.9. The van der Waals surface area contributed by atoms with Crippen LogP contribution in [-0.2, 0) is 22.7 Å². The van der Waals surface area contributed by atoms with Gasteiger partial charge in [-0.1, -0.05) is 30.3 Å². The molecule has 23 heavy (non-hydrogen) atoms. The molecule has 0 unspecified atom stereocenters. The van der Waals surface area contributed by atoms with Gasteiger partial charge >= 0.3 is 0 Å². The van der Waals surface area contributed by atoms with Crippen molar-refractivity contribution in [3.8, 4) is 0 Å². The van der Waals surface area contributed by atoms with Crippen molar-refractivity contribution in [2.24, 2.45) is 0 Å². The van der Waals surface area contributed by atoms with E-state index in [-0.39, 0.29) is 18.1 Å². The smallest absolute Gasteiger partial charge is 0.239 e. The number of methoxy groups -OCH3 is 1. The van der Waals surface area contributed by atoms with Gasteiger partial charge in [0.1, 0.15) is 17.3 Å². The standard InChI is InChI=1S/C17H18F2N2O2/c1-23-11-13-6-3-2-5-12(13)9-20-16(22)10-21-17-14(18)7-4-8-15(17)19/h2-8,21H,9-11H2,1H3,(H,20,22). The number of carbonyl (C=O) groups excluding carboxylic acids is 1. The zero-order valence-corrected chi connectivity index (χ0v) is 12.7.